The lowest BCUT2D eigenvalue weighted by Gasteiger charge is -2.28. The maximum absolute atomic E-state index is 13.0. The predicted molar refractivity (Wildman–Crippen MR) is 93.6 cm³/mol. The van der Waals surface area contributed by atoms with E-state index in [0.29, 0.717) is 17.7 Å². The van der Waals surface area contributed by atoms with Gasteiger partial charge in [0.15, 0.2) is 0 Å². The first-order valence-corrected chi connectivity index (χ1v) is 8.67. The molecule has 0 radical (unpaired) electrons. The summed E-state index contributed by atoms with van der Waals surface area (Å²) < 4.78 is 83.4. The highest BCUT2D eigenvalue weighted by Crippen LogP contribution is 2.36. The second-order valence-electron chi connectivity index (χ2n) is 6.91. The van der Waals surface area contributed by atoms with Gasteiger partial charge in [-0.05, 0) is 29.3 Å². The molecule has 1 saturated heterocycles. The van der Waals surface area contributed by atoms with Crippen LogP contribution in [-0.2, 0) is 29.2 Å². The van der Waals surface area contributed by atoms with Gasteiger partial charge in [-0.3, -0.25) is 5.01 Å². The van der Waals surface area contributed by atoms with Crippen molar-refractivity contribution < 1.29 is 35.9 Å². The topological polar surface area (TPSA) is 67.6 Å². The summed E-state index contributed by atoms with van der Waals surface area (Å²) in [6.45, 7) is -0.734. The van der Waals surface area contributed by atoms with E-state index >= 15 is 0 Å². The van der Waals surface area contributed by atoms with E-state index in [4.69, 9.17) is 10.6 Å². The SMILES string of the molecule is NN1C[C@@](COCc2cc(C(F)(F)F)cc(C(F)(F)F)c2)(c2ccccc2)NC1=O. The average Bonchev–Trinajstić information content (AvgIpc) is 2.96. The van der Waals surface area contributed by atoms with Crippen LogP contribution in [0, 0.1) is 0 Å². The maximum Gasteiger partial charge on any atom is 0.416 e. The highest BCUT2D eigenvalue weighted by molar-refractivity contribution is 5.77. The summed E-state index contributed by atoms with van der Waals surface area (Å²) in [5.74, 6) is 5.63. The van der Waals surface area contributed by atoms with Gasteiger partial charge >= 0.3 is 18.4 Å². The quantitative estimate of drug-likeness (QED) is 0.425. The number of hydrogen-bond donors (Lipinski definition) is 2. The summed E-state index contributed by atoms with van der Waals surface area (Å²) in [5.41, 5.74) is -3.60. The fourth-order valence-corrected chi connectivity index (χ4v) is 3.21. The van der Waals surface area contributed by atoms with Gasteiger partial charge in [0.1, 0.15) is 5.54 Å². The van der Waals surface area contributed by atoms with Crippen molar-refractivity contribution in [2.45, 2.75) is 24.5 Å². The number of nitrogens with two attached hydrogens (primary N) is 1. The van der Waals surface area contributed by atoms with E-state index in [1.54, 1.807) is 30.3 Å². The molecule has 1 heterocycles. The molecule has 162 valence electrons. The van der Waals surface area contributed by atoms with E-state index in [0.717, 1.165) is 5.01 Å². The molecule has 2 amide bonds. The highest BCUT2D eigenvalue weighted by atomic mass is 19.4. The normalized spacial score (nSPS) is 19.8. The minimum Gasteiger partial charge on any atom is -0.374 e. The molecular weight excluding hydrogens is 416 g/mol. The Kier molecular flexibility index (Phi) is 5.70. The van der Waals surface area contributed by atoms with Crippen LogP contribution < -0.4 is 11.2 Å². The van der Waals surface area contributed by atoms with Crippen LogP contribution in [0.25, 0.3) is 0 Å². The summed E-state index contributed by atoms with van der Waals surface area (Å²) >= 11 is 0. The van der Waals surface area contributed by atoms with Gasteiger partial charge in [0.2, 0.25) is 0 Å². The van der Waals surface area contributed by atoms with Crippen molar-refractivity contribution in [3.8, 4) is 0 Å². The summed E-state index contributed by atoms with van der Waals surface area (Å²) in [6, 6.07) is 9.26. The summed E-state index contributed by atoms with van der Waals surface area (Å²) in [4.78, 5) is 11.9. The highest BCUT2D eigenvalue weighted by Gasteiger charge is 2.43. The number of nitrogens with one attached hydrogen (secondary N) is 1. The molecule has 11 heteroatoms. The Morgan fingerprint density at radius 2 is 1.57 bits per heavy atom. The lowest BCUT2D eigenvalue weighted by atomic mass is 9.91. The number of amides is 2. The Hall–Kier alpha value is -2.79. The zero-order valence-electron chi connectivity index (χ0n) is 15.3. The van der Waals surface area contributed by atoms with Crippen molar-refractivity contribution in [3.63, 3.8) is 0 Å². The van der Waals surface area contributed by atoms with Crippen molar-refractivity contribution in [1.29, 1.82) is 0 Å². The molecule has 2 aromatic rings. The number of urea groups is 1. The molecule has 1 aliphatic rings. The molecule has 30 heavy (non-hydrogen) atoms. The molecule has 1 fully saturated rings. The summed E-state index contributed by atoms with van der Waals surface area (Å²) in [6.07, 6.45) is -9.89. The number of benzene rings is 2. The third-order valence-corrected chi connectivity index (χ3v) is 4.64. The molecule has 1 aliphatic heterocycles. The number of alkyl halides is 6. The first-order valence-electron chi connectivity index (χ1n) is 8.67. The number of rotatable bonds is 5. The Morgan fingerprint density at radius 1 is 1.00 bits per heavy atom. The Bertz CT molecular complexity index is 884. The first kappa shape index (κ1) is 21.9. The number of carbonyl (C=O) groups excluding carboxylic acids is 1. The van der Waals surface area contributed by atoms with Gasteiger partial charge in [-0.15, -0.1) is 0 Å². The van der Waals surface area contributed by atoms with E-state index in [9.17, 15) is 31.1 Å². The van der Waals surface area contributed by atoms with Gasteiger partial charge in [0.25, 0.3) is 0 Å². The van der Waals surface area contributed by atoms with Crippen LogP contribution in [0.3, 0.4) is 0 Å². The molecule has 0 unspecified atom stereocenters. The largest absolute Gasteiger partial charge is 0.416 e. The molecule has 0 saturated carbocycles. The predicted octanol–water partition coefficient (Wildman–Crippen LogP) is 4.04. The van der Waals surface area contributed by atoms with Gasteiger partial charge in [0, 0.05) is 0 Å². The van der Waals surface area contributed by atoms with Crippen LogP contribution in [0.4, 0.5) is 31.1 Å². The van der Waals surface area contributed by atoms with Crippen molar-refractivity contribution in [3.05, 3.63) is 70.8 Å². The van der Waals surface area contributed by atoms with E-state index in [-0.39, 0.29) is 24.8 Å². The van der Waals surface area contributed by atoms with Crippen LogP contribution >= 0.6 is 0 Å². The van der Waals surface area contributed by atoms with E-state index < -0.39 is 41.7 Å². The number of hydrogen-bond acceptors (Lipinski definition) is 3. The minimum absolute atomic E-state index is 0.00619. The lowest BCUT2D eigenvalue weighted by molar-refractivity contribution is -0.143. The molecule has 0 aliphatic carbocycles. The zero-order valence-corrected chi connectivity index (χ0v) is 15.3. The fraction of sp³-hybridized carbons (Fsp3) is 0.316. The Balaban J connectivity index is 1.83. The van der Waals surface area contributed by atoms with E-state index in [1.165, 1.54) is 0 Å². The van der Waals surface area contributed by atoms with Crippen LogP contribution in [-0.4, -0.2) is 24.2 Å². The number of carbonyl (C=O) groups is 1. The summed E-state index contributed by atoms with van der Waals surface area (Å²) in [5, 5.41) is 3.59. The molecule has 1 atom stereocenters. The smallest absolute Gasteiger partial charge is 0.374 e. The van der Waals surface area contributed by atoms with Crippen LogP contribution in [0.2, 0.25) is 0 Å². The fourth-order valence-electron chi connectivity index (χ4n) is 3.21. The lowest BCUT2D eigenvalue weighted by Crippen LogP contribution is -2.44. The second-order valence-corrected chi connectivity index (χ2v) is 6.91. The number of ether oxygens (including phenoxy) is 1. The monoisotopic (exact) mass is 433 g/mol. The van der Waals surface area contributed by atoms with E-state index in [2.05, 4.69) is 5.32 Å². The minimum atomic E-state index is -4.94. The number of hydrazine groups is 1. The average molecular weight is 433 g/mol. The first-order chi connectivity index (χ1) is 13.9. The van der Waals surface area contributed by atoms with Crippen molar-refractivity contribution in [2.24, 2.45) is 5.84 Å². The van der Waals surface area contributed by atoms with Crippen molar-refractivity contribution in [2.75, 3.05) is 13.2 Å². The van der Waals surface area contributed by atoms with Gasteiger partial charge < -0.3 is 10.1 Å². The molecule has 0 bridgehead atoms. The van der Waals surface area contributed by atoms with Crippen LogP contribution in [0.1, 0.15) is 22.3 Å². The van der Waals surface area contributed by atoms with Gasteiger partial charge in [-0.1, -0.05) is 30.3 Å². The Labute approximate surface area is 167 Å². The van der Waals surface area contributed by atoms with Gasteiger partial charge in [0.05, 0.1) is 30.9 Å². The van der Waals surface area contributed by atoms with Crippen molar-refractivity contribution in [1.82, 2.24) is 10.3 Å². The van der Waals surface area contributed by atoms with E-state index in [1.807, 2.05) is 0 Å². The standard InChI is InChI=1S/C19H17F6N3O2/c20-18(21,22)14-6-12(7-15(8-14)19(23,24)25)9-30-11-17(10-28(26)16(29)27-17)13-4-2-1-3-5-13/h1-8H,9-11,26H2,(H,27,29)/t17-/m1/s1. The molecule has 0 aromatic heterocycles. The number of nitrogens with zero attached hydrogens (tertiary/aromatic N) is 1. The third kappa shape index (κ3) is 4.68. The van der Waals surface area contributed by atoms with Crippen molar-refractivity contribution >= 4 is 6.03 Å². The zero-order chi connectivity index (χ0) is 22.2. The Morgan fingerprint density at radius 3 is 2.03 bits per heavy atom. The maximum atomic E-state index is 13.0. The molecule has 5 nitrogen and oxygen atoms in total. The van der Waals surface area contributed by atoms with Gasteiger partial charge in [-0.25, -0.2) is 10.6 Å². The molecule has 0 spiro atoms. The second kappa shape index (κ2) is 7.80. The molecular formula is C19H17F6N3O2. The van der Waals surface area contributed by atoms with Gasteiger partial charge in [-0.2, -0.15) is 26.3 Å². The summed E-state index contributed by atoms with van der Waals surface area (Å²) in [7, 11) is 0. The van der Waals surface area contributed by atoms with Crippen LogP contribution in [0.5, 0.6) is 0 Å². The van der Waals surface area contributed by atoms with Crippen LogP contribution in [0.15, 0.2) is 48.5 Å². The number of halogens is 6. The molecule has 3 rings (SSSR count). The third-order valence-electron chi connectivity index (χ3n) is 4.64. The molecule has 2 aromatic carbocycles. The molecule has 3 N–H and O–H groups in total.